The molecule has 1 atom stereocenters. The summed E-state index contributed by atoms with van der Waals surface area (Å²) in [6.07, 6.45) is 1.40. The molecule has 3 nitrogen and oxygen atoms in total. The molecule has 0 fully saturated rings. The van der Waals surface area contributed by atoms with Crippen molar-refractivity contribution < 1.29 is 9.00 Å². The molecule has 0 saturated carbocycles. The van der Waals surface area contributed by atoms with Gasteiger partial charge in [0.05, 0.1) is 0 Å². The summed E-state index contributed by atoms with van der Waals surface area (Å²) in [6, 6.07) is 0. The van der Waals surface area contributed by atoms with E-state index in [2.05, 4.69) is 10.6 Å². The summed E-state index contributed by atoms with van der Waals surface area (Å²) in [6.45, 7) is 3.47. The van der Waals surface area contributed by atoms with Crippen molar-refractivity contribution in [2.75, 3.05) is 6.26 Å². The van der Waals surface area contributed by atoms with E-state index in [0.717, 1.165) is 0 Å². The molecular weight excluding hydrogens is 150 g/mol. The molecule has 0 aromatic rings. The number of carbonyl (C=O) groups is 1. The summed E-state index contributed by atoms with van der Waals surface area (Å²) >= 11 is 0. The molecule has 0 aromatic carbocycles. The minimum absolute atomic E-state index is 0.137. The van der Waals surface area contributed by atoms with Crippen molar-refractivity contribution >= 4 is 21.5 Å². The zero-order chi connectivity index (χ0) is 8.36. The average molecular weight is 163 g/mol. The zero-order valence-electron chi connectivity index (χ0n) is 6.51. The van der Waals surface area contributed by atoms with E-state index in [1.807, 2.05) is 0 Å². The standard InChI is InChI=1S/C6H13NO2S/c1-5(2)6(8)7-10(3,4)9/h5H,3H2,1-2,4H3,(H,7,8,9). The van der Waals surface area contributed by atoms with Crippen LogP contribution in [-0.2, 0) is 14.5 Å². The predicted octanol–water partition coefficient (Wildman–Crippen LogP) is 0.0198. The van der Waals surface area contributed by atoms with E-state index >= 15 is 0 Å². The Kier molecular flexibility index (Phi) is 2.90. The van der Waals surface area contributed by atoms with Gasteiger partial charge in [-0.1, -0.05) is 13.8 Å². The SMILES string of the molecule is C=S(C)(=O)NC(=O)C(C)C. The molecule has 0 rings (SSSR count). The number of nitrogens with one attached hydrogen (secondary N) is 1. The number of hydrogen-bond donors (Lipinski definition) is 1. The van der Waals surface area contributed by atoms with Gasteiger partial charge in [-0.25, -0.2) is 4.21 Å². The first-order valence-electron chi connectivity index (χ1n) is 2.97. The minimum Gasteiger partial charge on any atom is -0.283 e. The van der Waals surface area contributed by atoms with Gasteiger partial charge in [0, 0.05) is 21.9 Å². The molecule has 0 bridgehead atoms. The van der Waals surface area contributed by atoms with Crippen LogP contribution in [0.5, 0.6) is 0 Å². The van der Waals surface area contributed by atoms with Crippen LogP contribution < -0.4 is 4.72 Å². The smallest absolute Gasteiger partial charge is 0.233 e. The van der Waals surface area contributed by atoms with Crippen molar-refractivity contribution in [2.45, 2.75) is 13.8 Å². The molecule has 0 aromatic heterocycles. The van der Waals surface area contributed by atoms with Gasteiger partial charge in [-0.15, -0.1) is 0 Å². The van der Waals surface area contributed by atoms with Crippen LogP contribution in [0.15, 0.2) is 0 Å². The Balaban J connectivity index is 4.07. The molecule has 1 N–H and O–H groups in total. The van der Waals surface area contributed by atoms with Gasteiger partial charge < -0.3 is 0 Å². The summed E-state index contributed by atoms with van der Waals surface area (Å²) < 4.78 is 13.2. The highest BCUT2D eigenvalue weighted by Crippen LogP contribution is 1.91. The summed E-state index contributed by atoms with van der Waals surface area (Å²) in [4.78, 5) is 10.8. The quantitative estimate of drug-likeness (QED) is 0.583. The molecule has 0 saturated heterocycles. The van der Waals surface area contributed by atoms with Crippen LogP contribution in [0.4, 0.5) is 0 Å². The van der Waals surface area contributed by atoms with Gasteiger partial charge >= 0.3 is 0 Å². The zero-order valence-corrected chi connectivity index (χ0v) is 7.33. The molecule has 0 aliphatic rings. The number of amides is 1. The average Bonchev–Trinajstić information content (AvgIpc) is 1.60. The fraction of sp³-hybridized carbons (Fsp3) is 0.667. The fourth-order valence-electron chi connectivity index (χ4n) is 0.331. The van der Waals surface area contributed by atoms with Crippen molar-refractivity contribution in [3.63, 3.8) is 0 Å². The van der Waals surface area contributed by atoms with Crippen LogP contribution >= 0.6 is 0 Å². The van der Waals surface area contributed by atoms with Gasteiger partial charge in [0.2, 0.25) is 5.91 Å². The molecule has 0 aliphatic heterocycles. The van der Waals surface area contributed by atoms with Crippen LogP contribution in [0.3, 0.4) is 0 Å². The van der Waals surface area contributed by atoms with Gasteiger partial charge in [0.25, 0.3) is 0 Å². The van der Waals surface area contributed by atoms with Gasteiger partial charge in [0.15, 0.2) is 0 Å². The summed E-state index contributed by atoms with van der Waals surface area (Å²) in [5.74, 6) is 2.93. The highest BCUT2D eigenvalue weighted by molar-refractivity contribution is 7.98. The lowest BCUT2D eigenvalue weighted by molar-refractivity contribution is -0.122. The molecule has 60 valence electrons. The summed E-state index contributed by atoms with van der Waals surface area (Å²) in [5.41, 5.74) is 0. The normalized spacial score (nSPS) is 16.4. The maximum atomic E-state index is 10.9. The van der Waals surface area contributed by atoms with E-state index in [9.17, 15) is 9.00 Å². The molecule has 0 radical (unpaired) electrons. The lowest BCUT2D eigenvalue weighted by Crippen LogP contribution is -2.32. The van der Waals surface area contributed by atoms with Crippen molar-refractivity contribution in [1.29, 1.82) is 0 Å². The second kappa shape index (κ2) is 3.05. The molecule has 0 spiro atoms. The minimum atomic E-state index is -2.37. The molecule has 1 amide bonds. The first kappa shape index (κ1) is 9.49. The fourth-order valence-corrected chi connectivity index (χ4v) is 0.992. The molecule has 4 heteroatoms. The number of rotatable bonds is 2. The highest BCUT2D eigenvalue weighted by Gasteiger charge is 2.07. The van der Waals surface area contributed by atoms with Crippen LogP contribution in [0.25, 0.3) is 0 Å². The van der Waals surface area contributed by atoms with Crippen molar-refractivity contribution in [3.05, 3.63) is 0 Å². The monoisotopic (exact) mass is 163 g/mol. The lowest BCUT2D eigenvalue weighted by Gasteiger charge is -2.07. The Hall–Kier alpha value is -0.510. The maximum Gasteiger partial charge on any atom is 0.233 e. The number of carbonyl (C=O) groups excluding carboxylic acids is 1. The van der Waals surface area contributed by atoms with E-state index in [4.69, 9.17) is 0 Å². The van der Waals surface area contributed by atoms with Gasteiger partial charge in [-0.3, -0.25) is 9.52 Å². The molecule has 10 heavy (non-hydrogen) atoms. The predicted molar refractivity (Wildman–Crippen MR) is 44.2 cm³/mol. The van der Waals surface area contributed by atoms with Crippen molar-refractivity contribution in [3.8, 4) is 0 Å². The molecular formula is C6H13NO2S. The van der Waals surface area contributed by atoms with Gasteiger partial charge in [-0.05, 0) is 5.87 Å². The third-order valence-corrected chi connectivity index (χ3v) is 1.47. The Morgan fingerprint density at radius 1 is 1.60 bits per heavy atom. The van der Waals surface area contributed by atoms with Gasteiger partial charge in [0.1, 0.15) is 0 Å². The van der Waals surface area contributed by atoms with Crippen LogP contribution in [0.2, 0.25) is 0 Å². The highest BCUT2D eigenvalue weighted by atomic mass is 32.2. The van der Waals surface area contributed by atoms with E-state index in [1.54, 1.807) is 13.8 Å². The van der Waals surface area contributed by atoms with Crippen molar-refractivity contribution in [1.82, 2.24) is 4.72 Å². The first-order valence-corrected chi connectivity index (χ1v) is 5.10. The molecule has 0 aliphatic carbocycles. The van der Waals surface area contributed by atoms with Crippen LogP contribution in [0.1, 0.15) is 13.8 Å². The second-order valence-corrected chi connectivity index (χ2v) is 4.84. The topological polar surface area (TPSA) is 46.2 Å². The Morgan fingerprint density at radius 2 is 2.00 bits per heavy atom. The van der Waals surface area contributed by atoms with E-state index in [0.29, 0.717) is 0 Å². The number of hydrogen-bond acceptors (Lipinski definition) is 2. The summed E-state index contributed by atoms with van der Waals surface area (Å²) in [5, 5.41) is 0. The van der Waals surface area contributed by atoms with E-state index in [-0.39, 0.29) is 11.8 Å². The second-order valence-electron chi connectivity index (χ2n) is 2.63. The summed E-state index contributed by atoms with van der Waals surface area (Å²) in [7, 11) is -2.37. The van der Waals surface area contributed by atoms with E-state index < -0.39 is 9.71 Å². The van der Waals surface area contributed by atoms with E-state index in [1.165, 1.54) is 6.26 Å². The first-order chi connectivity index (χ1) is 4.33. The largest absolute Gasteiger partial charge is 0.283 e. The van der Waals surface area contributed by atoms with Crippen LogP contribution in [-0.4, -0.2) is 22.2 Å². The van der Waals surface area contributed by atoms with Crippen molar-refractivity contribution in [2.24, 2.45) is 5.92 Å². The Morgan fingerprint density at radius 3 is 2.10 bits per heavy atom. The lowest BCUT2D eigenvalue weighted by atomic mass is 10.2. The third kappa shape index (κ3) is 4.38. The molecule has 0 heterocycles. The maximum absolute atomic E-state index is 10.9. The Labute approximate surface area is 62.0 Å². The molecule has 1 unspecified atom stereocenters. The third-order valence-electron chi connectivity index (χ3n) is 0.841. The van der Waals surface area contributed by atoms with Crippen LogP contribution in [0, 0.1) is 5.92 Å². The Bertz CT molecular complexity index is 216. The van der Waals surface area contributed by atoms with Gasteiger partial charge in [-0.2, -0.15) is 0 Å².